The molecule has 0 spiro atoms. The molecule has 2 rings (SSSR count). The number of thiocarbonyl (C=S) groups is 1. The van der Waals surface area contributed by atoms with Gasteiger partial charge in [0.25, 0.3) is 0 Å². The molecular formula is C14H15FN2O2S. The van der Waals surface area contributed by atoms with Crippen LogP contribution >= 0.6 is 12.2 Å². The van der Waals surface area contributed by atoms with E-state index in [2.05, 4.69) is 0 Å². The first-order valence-electron chi connectivity index (χ1n) is 6.41. The van der Waals surface area contributed by atoms with Gasteiger partial charge in [-0.3, -0.25) is 14.5 Å². The summed E-state index contributed by atoms with van der Waals surface area (Å²) in [6.45, 7) is -0.0695. The van der Waals surface area contributed by atoms with E-state index in [0.717, 1.165) is 4.90 Å². The summed E-state index contributed by atoms with van der Waals surface area (Å²) in [5, 5.41) is 0. The summed E-state index contributed by atoms with van der Waals surface area (Å²) in [5.74, 6) is -1.08. The van der Waals surface area contributed by atoms with Gasteiger partial charge in [0.2, 0.25) is 11.8 Å². The van der Waals surface area contributed by atoms with Crippen LogP contribution in [0, 0.1) is 5.82 Å². The van der Waals surface area contributed by atoms with Gasteiger partial charge in [-0.1, -0.05) is 24.4 Å². The fourth-order valence-electron chi connectivity index (χ4n) is 2.20. The Labute approximate surface area is 121 Å². The topological polar surface area (TPSA) is 63.4 Å². The molecule has 0 saturated carbocycles. The van der Waals surface area contributed by atoms with E-state index in [4.69, 9.17) is 18.0 Å². The molecule has 6 heteroatoms. The van der Waals surface area contributed by atoms with Crippen molar-refractivity contribution in [3.63, 3.8) is 0 Å². The van der Waals surface area contributed by atoms with Crippen LogP contribution in [0.4, 0.5) is 4.39 Å². The first-order valence-corrected chi connectivity index (χ1v) is 6.82. The molecule has 0 aliphatic carbocycles. The molecule has 0 radical (unpaired) electrons. The van der Waals surface area contributed by atoms with Gasteiger partial charge in [0.05, 0.1) is 6.54 Å². The number of likely N-dealkylation sites (tertiary alicyclic amines) is 1. The predicted octanol–water partition coefficient (Wildman–Crippen LogP) is 1.89. The first kappa shape index (κ1) is 14.6. The third-order valence-electron chi connectivity index (χ3n) is 3.31. The Bertz CT molecular complexity index is 556. The second-order valence-corrected chi connectivity index (χ2v) is 5.16. The Balaban J connectivity index is 2.29. The van der Waals surface area contributed by atoms with Gasteiger partial charge in [0, 0.05) is 24.0 Å². The Kier molecular flexibility index (Phi) is 4.44. The zero-order valence-corrected chi connectivity index (χ0v) is 11.7. The third-order valence-corrected chi connectivity index (χ3v) is 3.53. The van der Waals surface area contributed by atoms with Crippen LogP contribution in [0.15, 0.2) is 18.2 Å². The van der Waals surface area contributed by atoms with Crippen LogP contribution in [-0.4, -0.2) is 21.7 Å². The van der Waals surface area contributed by atoms with Gasteiger partial charge in [-0.25, -0.2) is 4.39 Å². The number of imide groups is 1. The summed E-state index contributed by atoms with van der Waals surface area (Å²) < 4.78 is 14.2. The average molecular weight is 294 g/mol. The lowest BCUT2D eigenvalue weighted by Gasteiger charge is -2.19. The molecule has 2 N–H and O–H groups in total. The number of hydrogen-bond acceptors (Lipinski definition) is 3. The van der Waals surface area contributed by atoms with E-state index in [9.17, 15) is 14.0 Å². The van der Waals surface area contributed by atoms with Crippen molar-refractivity contribution >= 4 is 29.0 Å². The number of rotatable bonds is 3. The fourth-order valence-corrected chi connectivity index (χ4v) is 2.36. The van der Waals surface area contributed by atoms with Crippen LogP contribution in [-0.2, 0) is 16.1 Å². The van der Waals surface area contributed by atoms with Crippen LogP contribution in [0.2, 0.25) is 0 Å². The molecule has 20 heavy (non-hydrogen) atoms. The van der Waals surface area contributed by atoms with Crippen molar-refractivity contribution in [2.75, 3.05) is 0 Å². The SMILES string of the molecule is NC(=S)c1cccc(CN2C(=O)CCCCC2=O)c1F. The number of nitrogens with two attached hydrogens (primary N) is 1. The molecule has 0 atom stereocenters. The van der Waals surface area contributed by atoms with E-state index >= 15 is 0 Å². The minimum absolute atomic E-state index is 0.0436. The molecule has 1 aliphatic rings. The lowest BCUT2D eigenvalue weighted by molar-refractivity contribution is -0.144. The van der Waals surface area contributed by atoms with E-state index in [-0.39, 0.29) is 34.5 Å². The minimum atomic E-state index is -0.565. The Hall–Kier alpha value is -1.82. The van der Waals surface area contributed by atoms with Crippen molar-refractivity contribution < 1.29 is 14.0 Å². The van der Waals surface area contributed by atoms with Crippen molar-refractivity contribution in [2.24, 2.45) is 5.73 Å². The Morgan fingerprint density at radius 3 is 2.40 bits per heavy atom. The maximum Gasteiger partial charge on any atom is 0.229 e. The van der Waals surface area contributed by atoms with E-state index in [0.29, 0.717) is 25.7 Å². The summed E-state index contributed by atoms with van der Waals surface area (Å²) in [7, 11) is 0. The lowest BCUT2D eigenvalue weighted by atomic mass is 10.1. The highest BCUT2D eigenvalue weighted by atomic mass is 32.1. The monoisotopic (exact) mass is 294 g/mol. The number of nitrogens with zero attached hydrogens (tertiary/aromatic N) is 1. The van der Waals surface area contributed by atoms with Crippen molar-refractivity contribution in [3.8, 4) is 0 Å². The minimum Gasteiger partial charge on any atom is -0.389 e. The lowest BCUT2D eigenvalue weighted by Crippen LogP contribution is -2.35. The van der Waals surface area contributed by atoms with Gasteiger partial charge in [-0.05, 0) is 18.9 Å². The van der Waals surface area contributed by atoms with E-state index in [1.807, 2.05) is 0 Å². The summed E-state index contributed by atoms with van der Waals surface area (Å²) in [4.78, 5) is 24.9. The highest BCUT2D eigenvalue weighted by Crippen LogP contribution is 2.19. The van der Waals surface area contributed by atoms with Gasteiger partial charge in [-0.15, -0.1) is 0 Å². The third kappa shape index (κ3) is 3.01. The number of halogens is 1. The van der Waals surface area contributed by atoms with Crippen LogP contribution in [0.1, 0.15) is 36.8 Å². The summed E-state index contributed by atoms with van der Waals surface area (Å²) in [6, 6.07) is 4.62. The molecule has 2 amide bonds. The van der Waals surface area contributed by atoms with Gasteiger partial charge in [0.1, 0.15) is 10.8 Å². The summed E-state index contributed by atoms with van der Waals surface area (Å²) in [5.41, 5.74) is 5.82. The number of hydrogen-bond donors (Lipinski definition) is 1. The highest BCUT2D eigenvalue weighted by molar-refractivity contribution is 7.80. The normalized spacial score (nSPS) is 16.1. The molecule has 1 aromatic carbocycles. The first-order chi connectivity index (χ1) is 9.50. The molecule has 1 saturated heterocycles. The standard InChI is InChI=1S/C14H15FN2O2S/c15-13-9(4-3-5-10(13)14(16)20)8-17-11(18)6-1-2-7-12(17)19/h3-5H,1-2,6-8H2,(H2,16,20). The fraction of sp³-hybridized carbons (Fsp3) is 0.357. The molecule has 1 heterocycles. The maximum absolute atomic E-state index is 14.2. The van der Waals surface area contributed by atoms with E-state index in [1.165, 1.54) is 12.1 Å². The van der Waals surface area contributed by atoms with Gasteiger partial charge >= 0.3 is 0 Å². The smallest absolute Gasteiger partial charge is 0.229 e. The molecule has 4 nitrogen and oxygen atoms in total. The molecule has 0 unspecified atom stereocenters. The number of amides is 2. The predicted molar refractivity (Wildman–Crippen MR) is 76.3 cm³/mol. The van der Waals surface area contributed by atoms with Gasteiger partial charge in [0.15, 0.2) is 0 Å². The molecule has 1 fully saturated rings. The van der Waals surface area contributed by atoms with Crippen LogP contribution in [0.3, 0.4) is 0 Å². The van der Waals surface area contributed by atoms with Gasteiger partial charge < -0.3 is 5.73 Å². The van der Waals surface area contributed by atoms with Crippen molar-refractivity contribution in [1.82, 2.24) is 4.90 Å². The number of carbonyl (C=O) groups excluding carboxylic acids is 2. The van der Waals surface area contributed by atoms with Crippen LogP contribution in [0.25, 0.3) is 0 Å². The quantitative estimate of drug-likeness (QED) is 0.683. The second-order valence-electron chi connectivity index (χ2n) is 4.72. The number of benzene rings is 1. The molecule has 0 bridgehead atoms. The number of carbonyl (C=O) groups is 2. The summed E-state index contributed by atoms with van der Waals surface area (Å²) >= 11 is 4.77. The zero-order chi connectivity index (χ0) is 14.7. The zero-order valence-electron chi connectivity index (χ0n) is 10.9. The van der Waals surface area contributed by atoms with Crippen molar-refractivity contribution in [2.45, 2.75) is 32.2 Å². The van der Waals surface area contributed by atoms with Crippen molar-refractivity contribution in [1.29, 1.82) is 0 Å². The Morgan fingerprint density at radius 2 is 1.85 bits per heavy atom. The molecule has 106 valence electrons. The molecular weight excluding hydrogens is 279 g/mol. The Morgan fingerprint density at radius 1 is 1.25 bits per heavy atom. The van der Waals surface area contributed by atoms with E-state index in [1.54, 1.807) is 6.07 Å². The van der Waals surface area contributed by atoms with Crippen LogP contribution in [0.5, 0.6) is 0 Å². The molecule has 1 aliphatic heterocycles. The molecule has 0 aromatic heterocycles. The summed E-state index contributed by atoms with van der Waals surface area (Å²) in [6.07, 6.45) is 2.03. The molecule has 1 aromatic rings. The van der Waals surface area contributed by atoms with Gasteiger partial charge in [-0.2, -0.15) is 0 Å². The average Bonchev–Trinajstić information content (AvgIpc) is 2.55. The second kappa shape index (κ2) is 6.09. The van der Waals surface area contributed by atoms with Crippen molar-refractivity contribution in [3.05, 3.63) is 35.1 Å². The maximum atomic E-state index is 14.2. The largest absolute Gasteiger partial charge is 0.389 e. The highest BCUT2D eigenvalue weighted by Gasteiger charge is 2.25. The van der Waals surface area contributed by atoms with E-state index < -0.39 is 5.82 Å². The van der Waals surface area contributed by atoms with Crippen LogP contribution < -0.4 is 5.73 Å².